The van der Waals surface area contributed by atoms with Gasteiger partial charge >= 0.3 is 0 Å². The molecule has 0 radical (unpaired) electrons. The second-order valence-electron chi connectivity index (χ2n) is 6.68. The summed E-state index contributed by atoms with van der Waals surface area (Å²) in [5.74, 6) is -1.87. The molecule has 7 heteroatoms. The average Bonchev–Trinajstić information content (AvgIpc) is 3.00. The van der Waals surface area contributed by atoms with Crippen molar-refractivity contribution in [2.24, 2.45) is 0 Å². The molecule has 4 rings (SSSR count). The lowest BCUT2D eigenvalue weighted by Crippen LogP contribution is -2.37. The highest BCUT2D eigenvalue weighted by molar-refractivity contribution is 6.35. The molecule has 148 valence electrons. The second-order valence-corrected chi connectivity index (χ2v) is 7.09. The van der Waals surface area contributed by atoms with Gasteiger partial charge in [0, 0.05) is 16.8 Å². The van der Waals surface area contributed by atoms with Crippen molar-refractivity contribution < 1.29 is 19.2 Å². The van der Waals surface area contributed by atoms with Gasteiger partial charge in [-0.2, -0.15) is 0 Å². The van der Waals surface area contributed by atoms with Crippen LogP contribution in [-0.2, 0) is 4.79 Å². The van der Waals surface area contributed by atoms with Crippen LogP contribution < -0.4 is 5.32 Å². The number of ketones is 1. The number of nitrogens with zero attached hydrogens (tertiary/aromatic N) is 1. The van der Waals surface area contributed by atoms with Crippen LogP contribution in [0.25, 0.3) is 0 Å². The Bertz CT molecular complexity index is 1160. The maximum absolute atomic E-state index is 12.7. The quantitative estimate of drug-likeness (QED) is 0.504. The predicted molar refractivity (Wildman–Crippen MR) is 112 cm³/mol. The number of amides is 3. The average molecular weight is 419 g/mol. The molecular formula is C23H15ClN2O4. The van der Waals surface area contributed by atoms with Crippen molar-refractivity contribution in [2.45, 2.75) is 0 Å². The summed E-state index contributed by atoms with van der Waals surface area (Å²) in [6, 6.07) is 19.6. The van der Waals surface area contributed by atoms with Crippen LogP contribution in [0.4, 0.5) is 5.69 Å². The van der Waals surface area contributed by atoms with E-state index in [1.807, 2.05) is 0 Å². The minimum atomic E-state index is -0.565. The summed E-state index contributed by atoms with van der Waals surface area (Å²) in [5, 5.41) is 2.87. The van der Waals surface area contributed by atoms with Gasteiger partial charge in [0.05, 0.1) is 16.1 Å². The number of rotatable bonds is 5. The Morgan fingerprint density at radius 1 is 0.833 bits per heavy atom. The first-order valence-corrected chi connectivity index (χ1v) is 9.48. The van der Waals surface area contributed by atoms with Crippen molar-refractivity contribution in [3.8, 4) is 0 Å². The van der Waals surface area contributed by atoms with Crippen LogP contribution in [0.1, 0.15) is 36.6 Å². The predicted octanol–water partition coefficient (Wildman–Crippen LogP) is 3.81. The van der Waals surface area contributed by atoms with Crippen molar-refractivity contribution in [3.63, 3.8) is 0 Å². The van der Waals surface area contributed by atoms with E-state index in [0.29, 0.717) is 11.3 Å². The molecular weight excluding hydrogens is 404 g/mol. The van der Waals surface area contributed by atoms with Gasteiger partial charge in [0.25, 0.3) is 11.8 Å². The Morgan fingerprint density at radius 2 is 1.43 bits per heavy atom. The fourth-order valence-electron chi connectivity index (χ4n) is 3.25. The standard InChI is InChI=1S/C23H15ClN2O4/c24-19-11-10-15(12-18(19)21(28)14-6-2-1-3-7-14)25-20(27)13-26-22(29)16-8-4-5-9-17(16)23(26)30/h1-12H,13H2,(H,25,27). The largest absolute Gasteiger partial charge is 0.325 e. The van der Waals surface area contributed by atoms with Gasteiger partial charge in [-0.25, -0.2) is 0 Å². The van der Waals surface area contributed by atoms with Crippen molar-refractivity contribution in [2.75, 3.05) is 11.9 Å². The molecule has 30 heavy (non-hydrogen) atoms. The molecule has 1 N–H and O–H groups in total. The van der Waals surface area contributed by atoms with Gasteiger partial charge in [0.1, 0.15) is 6.54 Å². The summed E-state index contributed by atoms with van der Waals surface area (Å²) >= 11 is 6.17. The van der Waals surface area contributed by atoms with Gasteiger partial charge < -0.3 is 5.32 Å². The number of carbonyl (C=O) groups excluding carboxylic acids is 4. The van der Waals surface area contributed by atoms with Gasteiger partial charge in [-0.1, -0.05) is 54.1 Å². The molecule has 0 saturated carbocycles. The summed E-state index contributed by atoms with van der Waals surface area (Å²) < 4.78 is 0. The molecule has 0 unspecified atom stereocenters. The van der Waals surface area contributed by atoms with E-state index in [9.17, 15) is 19.2 Å². The third-order valence-corrected chi connectivity index (χ3v) is 5.04. The zero-order valence-electron chi connectivity index (χ0n) is 15.6. The van der Waals surface area contributed by atoms with Crippen molar-refractivity contribution in [3.05, 3.63) is 100 Å². The number of benzene rings is 3. The Morgan fingerprint density at radius 3 is 2.07 bits per heavy atom. The van der Waals surface area contributed by atoms with E-state index < -0.39 is 24.3 Å². The molecule has 0 atom stereocenters. The number of hydrogen-bond donors (Lipinski definition) is 1. The molecule has 0 spiro atoms. The first-order chi connectivity index (χ1) is 14.5. The molecule has 0 aromatic heterocycles. The maximum atomic E-state index is 12.7. The topological polar surface area (TPSA) is 83.6 Å². The van der Waals surface area contributed by atoms with E-state index in [1.54, 1.807) is 60.7 Å². The number of imide groups is 1. The van der Waals surface area contributed by atoms with Crippen LogP contribution in [-0.4, -0.2) is 34.9 Å². The van der Waals surface area contributed by atoms with E-state index in [1.165, 1.54) is 12.1 Å². The van der Waals surface area contributed by atoms with Crippen LogP contribution in [0.2, 0.25) is 5.02 Å². The number of anilines is 1. The van der Waals surface area contributed by atoms with E-state index >= 15 is 0 Å². The van der Waals surface area contributed by atoms with E-state index in [4.69, 9.17) is 11.6 Å². The second kappa shape index (κ2) is 7.93. The van der Waals surface area contributed by atoms with E-state index in [0.717, 1.165) is 4.90 Å². The lowest BCUT2D eigenvalue weighted by atomic mass is 10.0. The summed E-state index contributed by atoms with van der Waals surface area (Å²) in [5.41, 5.74) is 1.59. The van der Waals surface area contributed by atoms with Crippen LogP contribution >= 0.6 is 11.6 Å². The van der Waals surface area contributed by atoms with E-state index in [2.05, 4.69) is 5.32 Å². The van der Waals surface area contributed by atoms with Crippen LogP contribution in [0.3, 0.4) is 0 Å². The fourth-order valence-corrected chi connectivity index (χ4v) is 3.45. The van der Waals surface area contributed by atoms with Gasteiger partial charge in [-0.3, -0.25) is 24.1 Å². The lowest BCUT2D eigenvalue weighted by Gasteiger charge is -2.14. The summed E-state index contributed by atoms with van der Waals surface area (Å²) in [4.78, 5) is 50.9. The molecule has 1 aliphatic rings. The summed E-state index contributed by atoms with van der Waals surface area (Å²) in [6.07, 6.45) is 0. The third kappa shape index (κ3) is 3.60. The van der Waals surface area contributed by atoms with Gasteiger partial charge in [-0.15, -0.1) is 0 Å². The number of nitrogens with one attached hydrogen (secondary N) is 1. The fraction of sp³-hybridized carbons (Fsp3) is 0.0435. The molecule has 6 nitrogen and oxygen atoms in total. The SMILES string of the molecule is O=C(CN1C(=O)c2ccccc2C1=O)Nc1ccc(Cl)c(C(=O)c2ccccc2)c1. The van der Waals surface area contributed by atoms with Gasteiger partial charge in [0.15, 0.2) is 5.78 Å². The normalized spacial score (nSPS) is 12.6. The van der Waals surface area contributed by atoms with Crippen molar-refractivity contribution in [1.29, 1.82) is 0 Å². The number of carbonyl (C=O) groups is 4. The Kier molecular flexibility index (Phi) is 5.16. The van der Waals surface area contributed by atoms with Crippen molar-refractivity contribution >= 4 is 40.8 Å². The number of halogens is 1. The monoisotopic (exact) mass is 418 g/mol. The Labute approximate surface area is 177 Å². The maximum Gasteiger partial charge on any atom is 0.262 e. The molecule has 0 fully saturated rings. The number of hydrogen-bond acceptors (Lipinski definition) is 4. The molecule has 3 aromatic rings. The highest BCUT2D eigenvalue weighted by Crippen LogP contribution is 2.25. The molecule has 0 saturated heterocycles. The minimum absolute atomic E-state index is 0.237. The van der Waals surface area contributed by atoms with Crippen LogP contribution in [0.15, 0.2) is 72.8 Å². The van der Waals surface area contributed by atoms with Gasteiger partial charge in [0.2, 0.25) is 5.91 Å². The molecule has 1 heterocycles. The van der Waals surface area contributed by atoms with Crippen LogP contribution in [0, 0.1) is 0 Å². The zero-order chi connectivity index (χ0) is 21.3. The highest BCUT2D eigenvalue weighted by Gasteiger charge is 2.36. The van der Waals surface area contributed by atoms with Gasteiger partial charge in [-0.05, 0) is 30.3 Å². The highest BCUT2D eigenvalue weighted by atomic mass is 35.5. The summed E-state index contributed by atoms with van der Waals surface area (Å²) in [6.45, 7) is -0.434. The number of fused-ring (bicyclic) bond motifs is 1. The molecule has 1 aliphatic heterocycles. The first kappa shape index (κ1) is 19.5. The van der Waals surface area contributed by atoms with Crippen LogP contribution in [0.5, 0.6) is 0 Å². The first-order valence-electron chi connectivity index (χ1n) is 9.10. The Hall–Kier alpha value is -3.77. The molecule has 0 aliphatic carbocycles. The summed E-state index contributed by atoms with van der Waals surface area (Å²) in [7, 11) is 0. The molecule has 3 amide bonds. The zero-order valence-corrected chi connectivity index (χ0v) is 16.3. The van der Waals surface area contributed by atoms with E-state index in [-0.39, 0.29) is 27.5 Å². The van der Waals surface area contributed by atoms with Crippen molar-refractivity contribution in [1.82, 2.24) is 4.90 Å². The smallest absolute Gasteiger partial charge is 0.262 e. The lowest BCUT2D eigenvalue weighted by molar-refractivity contribution is -0.116. The Balaban J connectivity index is 1.50. The molecule has 3 aromatic carbocycles. The third-order valence-electron chi connectivity index (χ3n) is 4.71. The minimum Gasteiger partial charge on any atom is -0.325 e. The molecule has 0 bridgehead atoms.